The lowest BCUT2D eigenvalue weighted by atomic mass is 9.98. The lowest BCUT2D eigenvalue weighted by Crippen LogP contribution is -2.54. The Morgan fingerprint density at radius 2 is 1.84 bits per heavy atom. The van der Waals surface area contributed by atoms with Gasteiger partial charge in [0.25, 0.3) is 0 Å². The summed E-state index contributed by atoms with van der Waals surface area (Å²) in [5, 5.41) is 3.55. The molecule has 1 atom stereocenters. The Kier molecular flexibility index (Phi) is 8.10. The number of guanidine groups is 1. The Labute approximate surface area is 192 Å². The van der Waals surface area contributed by atoms with Crippen molar-refractivity contribution in [2.45, 2.75) is 39.2 Å². The molecule has 8 nitrogen and oxygen atoms in total. The molecule has 1 amide bonds. The van der Waals surface area contributed by atoms with Gasteiger partial charge in [-0.25, -0.2) is 4.79 Å². The molecule has 32 heavy (non-hydrogen) atoms. The molecule has 1 aromatic rings. The molecular formula is C24H39N5O3. The Bertz CT molecular complexity index is 784. The number of methoxy groups -OCH3 is 1. The Morgan fingerprint density at radius 3 is 2.50 bits per heavy atom. The van der Waals surface area contributed by atoms with Gasteiger partial charge in [-0.1, -0.05) is 12.1 Å². The van der Waals surface area contributed by atoms with Gasteiger partial charge in [-0.3, -0.25) is 4.99 Å². The maximum absolute atomic E-state index is 12.4. The van der Waals surface area contributed by atoms with Crippen LogP contribution in [-0.2, 0) is 4.74 Å². The van der Waals surface area contributed by atoms with E-state index in [9.17, 15) is 4.79 Å². The van der Waals surface area contributed by atoms with E-state index in [4.69, 9.17) is 9.47 Å². The second kappa shape index (κ2) is 10.8. The zero-order valence-electron chi connectivity index (χ0n) is 20.3. The van der Waals surface area contributed by atoms with Gasteiger partial charge in [0.15, 0.2) is 5.96 Å². The minimum atomic E-state index is -0.462. The number of ether oxygens (including phenoxy) is 2. The first kappa shape index (κ1) is 24.0. The summed E-state index contributed by atoms with van der Waals surface area (Å²) in [5.74, 6) is 2.23. The highest BCUT2D eigenvalue weighted by atomic mass is 16.6. The van der Waals surface area contributed by atoms with Gasteiger partial charge in [-0.15, -0.1) is 0 Å². The summed E-state index contributed by atoms with van der Waals surface area (Å²) in [7, 11) is 3.55. The summed E-state index contributed by atoms with van der Waals surface area (Å²) < 4.78 is 11.1. The van der Waals surface area contributed by atoms with Gasteiger partial charge in [0.1, 0.15) is 11.4 Å². The van der Waals surface area contributed by atoms with E-state index in [1.165, 1.54) is 0 Å². The Morgan fingerprint density at radius 1 is 1.12 bits per heavy atom. The van der Waals surface area contributed by atoms with Crippen molar-refractivity contribution in [2.24, 2.45) is 10.9 Å². The second-order valence-corrected chi connectivity index (χ2v) is 9.51. The zero-order chi connectivity index (χ0) is 23.1. The predicted octanol–water partition coefficient (Wildman–Crippen LogP) is 3.04. The number of aliphatic imine (C=N–C) groups is 1. The number of nitrogens with one attached hydrogen (secondary N) is 1. The molecule has 3 rings (SSSR count). The van der Waals surface area contributed by atoms with Crippen LogP contribution in [0.25, 0.3) is 0 Å². The number of piperazine rings is 1. The molecule has 2 heterocycles. The third-order valence-corrected chi connectivity index (χ3v) is 5.94. The first-order valence-electron chi connectivity index (χ1n) is 11.6. The zero-order valence-corrected chi connectivity index (χ0v) is 20.3. The van der Waals surface area contributed by atoms with Gasteiger partial charge in [-0.05, 0) is 51.7 Å². The molecule has 2 saturated heterocycles. The van der Waals surface area contributed by atoms with E-state index in [0.717, 1.165) is 76.1 Å². The highest BCUT2D eigenvalue weighted by molar-refractivity contribution is 5.80. The molecule has 2 aliphatic heterocycles. The third-order valence-electron chi connectivity index (χ3n) is 5.94. The van der Waals surface area contributed by atoms with Crippen LogP contribution >= 0.6 is 0 Å². The van der Waals surface area contributed by atoms with E-state index in [2.05, 4.69) is 32.2 Å². The summed E-state index contributed by atoms with van der Waals surface area (Å²) >= 11 is 0. The number of hydrogen-bond donors (Lipinski definition) is 1. The maximum atomic E-state index is 12.4. The van der Waals surface area contributed by atoms with Gasteiger partial charge in [0.05, 0.1) is 12.8 Å². The molecule has 0 aliphatic carbocycles. The SMILES string of the molecule is CN=C(NCC1CCCN(C(=O)OC(C)(C)C)C1)N1CCN(c2ccccc2OC)CC1. The number of amides is 1. The van der Waals surface area contributed by atoms with Gasteiger partial charge >= 0.3 is 6.09 Å². The molecular weight excluding hydrogens is 406 g/mol. The number of nitrogens with zero attached hydrogens (tertiary/aromatic N) is 4. The quantitative estimate of drug-likeness (QED) is 0.568. The van der Waals surface area contributed by atoms with E-state index < -0.39 is 5.60 Å². The van der Waals surface area contributed by atoms with Crippen molar-refractivity contribution in [1.82, 2.24) is 15.1 Å². The van der Waals surface area contributed by atoms with Crippen molar-refractivity contribution >= 4 is 17.7 Å². The van der Waals surface area contributed by atoms with Crippen LogP contribution in [0.15, 0.2) is 29.3 Å². The van der Waals surface area contributed by atoms with Crippen LogP contribution in [-0.4, -0.2) is 87.4 Å². The highest BCUT2D eigenvalue weighted by Crippen LogP contribution is 2.28. The predicted molar refractivity (Wildman–Crippen MR) is 129 cm³/mol. The van der Waals surface area contributed by atoms with E-state index in [1.54, 1.807) is 7.11 Å². The molecule has 2 fully saturated rings. The fraction of sp³-hybridized carbons (Fsp3) is 0.667. The number of hydrogen-bond acceptors (Lipinski definition) is 5. The van der Waals surface area contributed by atoms with Gasteiger partial charge in [0, 0.05) is 52.9 Å². The standard InChI is InChI=1S/C24H39N5O3/c1-24(2,3)32-23(30)29-12-8-9-19(18-29)17-26-22(25-4)28-15-13-27(14-16-28)20-10-6-7-11-21(20)31-5/h6-7,10-11,19H,8-9,12-18H2,1-5H3,(H,25,26). The van der Waals surface area contributed by atoms with Gasteiger partial charge < -0.3 is 29.5 Å². The molecule has 178 valence electrons. The molecule has 1 unspecified atom stereocenters. The lowest BCUT2D eigenvalue weighted by Gasteiger charge is -2.39. The summed E-state index contributed by atoms with van der Waals surface area (Å²) in [6, 6.07) is 8.17. The average molecular weight is 446 g/mol. The monoisotopic (exact) mass is 445 g/mol. The number of piperidine rings is 1. The first-order chi connectivity index (χ1) is 15.3. The van der Waals surface area contributed by atoms with E-state index in [0.29, 0.717) is 5.92 Å². The number of anilines is 1. The van der Waals surface area contributed by atoms with Crippen molar-refractivity contribution in [3.63, 3.8) is 0 Å². The molecule has 0 saturated carbocycles. The number of rotatable bonds is 4. The van der Waals surface area contributed by atoms with E-state index >= 15 is 0 Å². The topological polar surface area (TPSA) is 69.6 Å². The second-order valence-electron chi connectivity index (χ2n) is 9.51. The van der Waals surface area contributed by atoms with Crippen molar-refractivity contribution in [1.29, 1.82) is 0 Å². The molecule has 0 aromatic heterocycles. The van der Waals surface area contributed by atoms with Crippen molar-refractivity contribution in [2.75, 3.05) is 64.9 Å². The summed E-state index contributed by atoms with van der Waals surface area (Å²) in [5.41, 5.74) is 0.679. The van der Waals surface area contributed by atoms with Gasteiger partial charge in [0.2, 0.25) is 0 Å². The fourth-order valence-electron chi connectivity index (χ4n) is 4.34. The fourth-order valence-corrected chi connectivity index (χ4v) is 4.34. The van der Waals surface area contributed by atoms with Crippen LogP contribution in [0.2, 0.25) is 0 Å². The van der Waals surface area contributed by atoms with Crippen LogP contribution in [0.5, 0.6) is 5.75 Å². The Hall–Kier alpha value is -2.64. The molecule has 1 N–H and O–H groups in total. The van der Waals surface area contributed by atoms with Crippen molar-refractivity contribution in [3.05, 3.63) is 24.3 Å². The summed E-state index contributed by atoms with van der Waals surface area (Å²) in [4.78, 5) is 23.5. The number of benzene rings is 1. The van der Waals surface area contributed by atoms with Crippen LogP contribution in [0.3, 0.4) is 0 Å². The lowest BCUT2D eigenvalue weighted by molar-refractivity contribution is 0.0168. The van der Waals surface area contributed by atoms with Crippen LogP contribution < -0.4 is 15.0 Å². The molecule has 2 aliphatic rings. The first-order valence-corrected chi connectivity index (χ1v) is 11.6. The highest BCUT2D eigenvalue weighted by Gasteiger charge is 2.28. The summed E-state index contributed by atoms with van der Waals surface area (Å²) in [6.07, 6.45) is 1.89. The normalized spacial score (nSPS) is 20.2. The Balaban J connectivity index is 1.48. The molecule has 0 bridgehead atoms. The maximum Gasteiger partial charge on any atom is 0.410 e. The van der Waals surface area contributed by atoms with Gasteiger partial charge in [-0.2, -0.15) is 0 Å². The minimum absolute atomic E-state index is 0.209. The van der Waals surface area contributed by atoms with Crippen LogP contribution in [0.1, 0.15) is 33.6 Å². The minimum Gasteiger partial charge on any atom is -0.495 e. The van der Waals surface area contributed by atoms with E-state index in [1.807, 2.05) is 44.9 Å². The number of para-hydroxylation sites is 2. The molecule has 8 heteroatoms. The molecule has 1 aromatic carbocycles. The van der Waals surface area contributed by atoms with Crippen molar-refractivity contribution in [3.8, 4) is 5.75 Å². The average Bonchev–Trinajstić information content (AvgIpc) is 2.79. The summed E-state index contributed by atoms with van der Waals surface area (Å²) in [6.45, 7) is 11.6. The van der Waals surface area contributed by atoms with E-state index in [-0.39, 0.29) is 6.09 Å². The van der Waals surface area contributed by atoms with Crippen molar-refractivity contribution < 1.29 is 14.3 Å². The van der Waals surface area contributed by atoms with Crippen LogP contribution in [0.4, 0.5) is 10.5 Å². The number of carbonyl (C=O) groups excluding carboxylic acids is 1. The molecule has 0 spiro atoms. The smallest absolute Gasteiger partial charge is 0.410 e. The van der Waals surface area contributed by atoms with Crippen LogP contribution in [0, 0.1) is 5.92 Å². The number of carbonyl (C=O) groups is 1. The third kappa shape index (κ3) is 6.43. The largest absolute Gasteiger partial charge is 0.495 e. The molecule has 0 radical (unpaired) electrons. The number of likely N-dealkylation sites (tertiary alicyclic amines) is 1.